The Morgan fingerprint density at radius 2 is 1.75 bits per heavy atom. The van der Waals surface area contributed by atoms with Crippen molar-refractivity contribution >= 4 is 23.3 Å². The third-order valence-corrected chi connectivity index (χ3v) is 5.71. The Hall–Kier alpha value is -2.05. The van der Waals surface area contributed by atoms with Crippen LogP contribution in [0.5, 0.6) is 0 Å². The van der Waals surface area contributed by atoms with Crippen molar-refractivity contribution in [2.45, 2.75) is 13.0 Å². The number of aromatic nitrogens is 1. The van der Waals surface area contributed by atoms with Gasteiger partial charge < -0.3 is 4.90 Å². The van der Waals surface area contributed by atoms with Crippen LogP contribution < -0.4 is 0 Å². The lowest BCUT2D eigenvalue weighted by Gasteiger charge is -2.20. The van der Waals surface area contributed by atoms with Crippen molar-refractivity contribution in [2.75, 3.05) is 19.6 Å². The van der Waals surface area contributed by atoms with Crippen molar-refractivity contribution < 1.29 is 9.59 Å². The molecule has 2 saturated heterocycles. The van der Waals surface area contributed by atoms with E-state index in [0.29, 0.717) is 19.6 Å². The molecule has 0 saturated carbocycles. The second-order valence-electron chi connectivity index (χ2n) is 6.45. The van der Waals surface area contributed by atoms with Gasteiger partial charge in [-0.25, -0.2) is 4.37 Å². The van der Waals surface area contributed by atoms with E-state index >= 15 is 0 Å². The predicted octanol–water partition coefficient (Wildman–Crippen LogP) is 1.80. The van der Waals surface area contributed by atoms with Gasteiger partial charge in [0, 0.05) is 30.7 Å². The van der Waals surface area contributed by atoms with Gasteiger partial charge in [0.2, 0.25) is 11.8 Å². The Morgan fingerprint density at radius 3 is 2.38 bits per heavy atom. The molecule has 2 aromatic rings. The average molecular weight is 341 g/mol. The van der Waals surface area contributed by atoms with Crippen molar-refractivity contribution in [2.24, 2.45) is 11.8 Å². The Balaban J connectivity index is 1.38. The summed E-state index contributed by atoms with van der Waals surface area (Å²) < 4.78 is 4.11. The van der Waals surface area contributed by atoms with E-state index in [9.17, 15) is 9.59 Å². The summed E-state index contributed by atoms with van der Waals surface area (Å²) in [7, 11) is 0. The SMILES string of the molecule is O=C1[C@H]2CN(CCc3ccns3)C[C@H]2C(=O)N1Cc1ccccc1. The molecular formula is C18H19N3O2S. The number of hydrogen-bond acceptors (Lipinski definition) is 5. The molecule has 2 atom stereocenters. The zero-order valence-electron chi connectivity index (χ0n) is 13.3. The van der Waals surface area contributed by atoms with Crippen LogP contribution in [0.1, 0.15) is 10.4 Å². The first-order valence-electron chi connectivity index (χ1n) is 8.23. The number of fused-ring (bicyclic) bond motifs is 1. The number of carbonyl (C=O) groups excluding carboxylic acids is 2. The zero-order valence-corrected chi connectivity index (χ0v) is 14.1. The third kappa shape index (κ3) is 2.87. The molecule has 0 aliphatic carbocycles. The number of carbonyl (C=O) groups is 2. The van der Waals surface area contributed by atoms with E-state index in [-0.39, 0.29) is 23.7 Å². The highest BCUT2D eigenvalue weighted by atomic mass is 32.1. The number of nitrogens with zero attached hydrogens (tertiary/aromatic N) is 3. The molecule has 0 spiro atoms. The second kappa shape index (κ2) is 6.45. The molecule has 3 heterocycles. The minimum atomic E-state index is -0.164. The van der Waals surface area contributed by atoms with Crippen molar-refractivity contribution in [3.63, 3.8) is 0 Å². The van der Waals surface area contributed by atoms with Crippen LogP contribution in [0.15, 0.2) is 42.6 Å². The molecule has 2 aliphatic heterocycles. The molecule has 0 unspecified atom stereocenters. The van der Waals surface area contributed by atoms with Gasteiger partial charge in [-0.05, 0) is 29.6 Å². The molecule has 0 N–H and O–H groups in total. The Kier molecular flexibility index (Phi) is 4.16. The lowest BCUT2D eigenvalue weighted by molar-refractivity contribution is -0.141. The lowest BCUT2D eigenvalue weighted by atomic mass is 10.00. The van der Waals surface area contributed by atoms with Crippen LogP contribution in [0.3, 0.4) is 0 Å². The van der Waals surface area contributed by atoms with E-state index in [4.69, 9.17) is 0 Å². The average Bonchev–Trinajstić information content (AvgIpc) is 3.30. The summed E-state index contributed by atoms with van der Waals surface area (Å²) in [5.41, 5.74) is 1.00. The summed E-state index contributed by atoms with van der Waals surface area (Å²) in [5, 5.41) is 0. The van der Waals surface area contributed by atoms with E-state index in [1.165, 1.54) is 21.3 Å². The highest BCUT2D eigenvalue weighted by Gasteiger charge is 2.51. The van der Waals surface area contributed by atoms with Crippen LogP contribution >= 0.6 is 11.5 Å². The lowest BCUT2D eigenvalue weighted by Crippen LogP contribution is -2.36. The number of rotatable bonds is 5. The number of hydrogen-bond donors (Lipinski definition) is 0. The van der Waals surface area contributed by atoms with Crippen molar-refractivity contribution in [1.82, 2.24) is 14.2 Å². The highest BCUT2D eigenvalue weighted by molar-refractivity contribution is 7.05. The molecule has 2 amide bonds. The number of amides is 2. The third-order valence-electron chi connectivity index (χ3n) is 4.91. The molecule has 1 aromatic heterocycles. The monoisotopic (exact) mass is 341 g/mol. The van der Waals surface area contributed by atoms with Crippen LogP contribution in [0.25, 0.3) is 0 Å². The van der Waals surface area contributed by atoms with Crippen LogP contribution in [-0.4, -0.2) is 45.6 Å². The quantitative estimate of drug-likeness (QED) is 0.778. The molecule has 6 heteroatoms. The van der Waals surface area contributed by atoms with Gasteiger partial charge in [0.15, 0.2) is 0 Å². The predicted molar refractivity (Wildman–Crippen MR) is 91.2 cm³/mol. The van der Waals surface area contributed by atoms with Crippen molar-refractivity contribution in [3.05, 3.63) is 53.0 Å². The van der Waals surface area contributed by atoms with Gasteiger partial charge in [-0.15, -0.1) is 0 Å². The number of imide groups is 1. The molecule has 2 fully saturated rings. The largest absolute Gasteiger partial charge is 0.301 e. The topological polar surface area (TPSA) is 53.5 Å². The fraction of sp³-hybridized carbons (Fsp3) is 0.389. The van der Waals surface area contributed by atoms with E-state index in [1.54, 1.807) is 0 Å². The maximum atomic E-state index is 12.7. The maximum Gasteiger partial charge on any atom is 0.234 e. The summed E-state index contributed by atoms with van der Waals surface area (Å²) >= 11 is 1.51. The van der Waals surface area contributed by atoms with Crippen LogP contribution in [0, 0.1) is 11.8 Å². The first-order chi connectivity index (χ1) is 11.7. The first kappa shape index (κ1) is 15.5. The standard InChI is InChI=1S/C18H19N3O2S/c22-17-15-11-20(9-7-14-6-8-19-24-14)12-16(15)18(23)21(17)10-13-4-2-1-3-5-13/h1-6,8,15-16H,7,9-12H2/t15-,16+. The van der Waals surface area contributed by atoms with E-state index in [0.717, 1.165) is 18.5 Å². The molecule has 24 heavy (non-hydrogen) atoms. The highest BCUT2D eigenvalue weighted by Crippen LogP contribution is 2.34. The summed E-state index contributed by atoms with van der Waals surface area (Å²) in [6.07, 6.45) is 2.74. The Labute approximate surface area is 145 Å². The summed E-state index contributed by atoms with van der Waals surface area (Å²) in [4.78, 5) is 30.2. The first-order valence-corrected chi connectivity index (χ1v) is 9.01. The summed E-state index contributed by atoms with van der Waals surface area (Å²) in [6, 6.07) is 11.7. The molecule has 5 nitrogen and oxygen atoms in total. The van der Waals surface area contributed by atoms with Crippen molar-refractivity contribution in [1.29, 1.82) is 0 Å². The minimum Gasteiger partial charge on any atom is -0.301 e. The molecule has 4 rings (SSSR count). The molecule has 0 radical (unpaired) electrons. The molecule has 0 bridgehead atoms. The number of benzene rings is 1. The molecular weight excluding hydrogens is 322 g/mol. The summed E-state index contributed by atoms with van der Waals surface area (Å²) in [6.45, 7) is 2.67. The van der Waals surface area contributed by atoms with Crippen LogP contribution in [0.4, 0.5) is 0 Å². The van der Waals surface area contributed by atoms with Gasteiger partial charge in [-0.2, -0.15) is 0 Å². The molecule has 2 aliphatic rings. The molecule has 124 valence electrons. The van der Waals surface area contributed by atoms with Gasteiger partial charge >= 0.3 is 0 Å². The van der Waals surface area contributed by atoms with Crippen molar-refractivity contribution in [3.8, 4) is 0 Å². The van der Waals surface area contributed by atoms with Gasteiger partial charge in [-0.1, -0.05) is 30.3 Å². The summed E-state index contributed by atoms with van der Waals surface area (Å²) in [5.74, 6) is -0.339. The minimum absolute atomic E-state index is 0.00542. The Bertz CT molecular complexity index is 708. The fourth-order valence-corrected chi connectivity index (χ4v) is 4.20. The van der Waals surface area contributed by atoms with E-state index in [2.05, 4.69) is 9.27 Å². The van der Waals surface area contributed by atoms with Crippen LogP contribution in [-0.2, 0) is 22.6 Å². The fourth-order valence-electron chi connectivity index (χ4n) is 3.64. The Morgan fingerprint density at radius 1 is 1.04 bits per heavy atom. The van der Waals surface area contributed by atoms with E-state index < -0.39 is 0 Å². The van der Waals surface area contributed by atoms with Gasteiger partial charge in [0.25, 0.3) is 0 Å². The second-order valence-corrected chi connectivity index (χ2v) is 7.37. The van der Waals surface area contributed by atoms with Gasteiger partial charge in [-0.3, -0.25) is 14.5 Å². The molecule has 1 aromatic carbocycles. The number of likely N-dealkylation sites (tertiary alicyclic amines) is 2. The normalized spacial score (nSPS) is 23.9. The van der Waals surface area contributed by atoms with Gasteiger partial charge in [0.05, 0.1) is 18.4 Å². The van der Waals surface area contributed by atoms with Crippen LogP contribution in [0.2, 0.25) is 0 Å². The van der Waals surface area contributed by atoms with E-state index in [1.807, 2.05) is 42.6 Å². The smallest absolute Gasteiger partial charge is 0.234 e. The van der Waals surface area contributed by atoms with Gasteiger partial charge in [0.1, 0.15) is 0 Å². The maximum absolute atomic E-state index is 12.7. The zero-order chi connectivity index (χ0) is 16.5.